The standard InChI is InChI=1S/C10H18O2/c1-5-8(3)7-10(11)12-9(4)6-2/h7,9H,5-6H2,1-4H3. The molecular formula is C10H18O2. The molecule has 1 unspecified atom stereocenters. The molecule has 0 aliphatic carbocycles. The number of hydrogen-bond donors (Lipinski definition) is 0. The van der Waals surface area contributed by atoms with Gasteiger partial charge in [0, 0.05) is 6.08 Å². The summed E-state index contributed by atoms with van der Waals surface area (Å²) in [6.07, 6.45) is 3.35. The zero-order chi connectivity index (χ0) is 9.56. The van der Waals surface area contributed by atoms with Crippen molar-refractivity contribution in [2.75, 3.05) is 0 Å². The summed E-state index contributed by atoms with van der Waals surface area (Å²) >= 11 is 0. The van der Waals surface area contributed by atoms with Gasteiger partial charge >= 0.3 is 5.97 Å². The topological polar surface area (TPSA) is 26.3 Å². The van der Waals surface area contributed by atoms with E-state index in [2.05, 4.69) is 0 Å². The predicted molar refractivity (Wildman–Crippen MR) is 49.9 cm³/mol. The van der Waals surface area contributed by atoms with Crippen LogP contribution < -0.4 is 0 Å². The first kappa shape index (κ1) is 11.2. The summed E-state index contributed by atoms with van der Waals surface area (Å²) in [4.78, 5) is 11.1. The number of esters is 1. The van der Waals surface area contributed by atoms with Gasteiger partial charge in [0.1, 0.15) is 0 Å². The van der Waals surface area contributed by atoms with Crippen molar-refractivity contribution in [3.8, 4) is 0 Å². The zero-order valence-electron chi connectivity index (χ0n) is 8.39. The Morgan fingerprint density at radius 3 is 2.50 bits per heavy atom. The van der Waals surface area contributed by atoms with Crippen molar-refractivity contribution in [3.63, 3.8) is 0 Å². The lowest BCUT2D eigenvalue weighted by atomic mass is 10.2. The van der Waals surface area contributed by atoms with E-state index in [4.69, 9.17) is 4.74 Å². The van der Waals surface area contributed by atoms with Crippen LogP contribution in [0.15, 0.2) is 11.6 Å². The molecule has 0 aromatic heterocycles. The van der Waals surface area contributed by atoms with Gasteiger partial charge in [-0.1, -0.05) is 19.4 Å². The van der Waals surface area contributed by atoms with Gasteiger partial charge in [-0.2, -0.15) is 0 Å². The van der Waals surface area contributed by atoms with Crippen LogP contribution in [0.5, 0.6) is 0 Å². The summed E-state index contributed by atoms with van der Waals surface area (Å²) in [5, 5.41) is 0. The highest BCUT2D eigenvalue weighted by Gasteiger charge is 2.03. The zero-order valence-corrected chi connectivity index (χ0v) is 8.39. The molecule has 0 heterocycles. The molecule has 70 valence electrons. The Morgan fingerprint density at radius 1 is 1.50 bits per heavy atom. The molecule has 0 spiro atoms. The van der Waals surface area contributed by atoms with Crippen LogP contribution in [-0.4, -0.2) is 12.1 Å². The third-order valence-corrected chi connectivity index (χ3v) is 1.81. The van der Waals surface area contributed by atoms with E-state index in [1.54, 1.807) is 6.08 Å². The third-order valence-electron chi connectivity index (χ3n) is 1.81. The number of carbonyl (C=O) groups excluding carboxylic acids is 1. The van der Waals surface area contributed by atoms with Crippen molar-refractivity contribution in [1.82, 2.24) is 0 Å². The van der Waals surface area contributed by atoms with Crippen molar-refractivity contribution >= 4 is 5.97 Å². The van der Waals surface area contributed by atoms with Gasteiger partial charge in [0.05, 0.1) is 6.10 Å². The summed E-state index contributed by atoms with van der Waals surface area (Å²) in [5.74, 6) is -0.219. The summed E-state index contributed by atoms with van der Waals surface area (Å²) in [7, 11) is 0. The van der Waals surface area contributed by atoms with Crippen LogP contribution in [-0.2, 0) is 9.53 Å². The average molecular weight is 170 g/mol. The molecule has 0 rings (SSSR count). The average Bonchev–Trinajstić information content (AvgIpc) is 2.03. The molecule has 0 fully saturated rings. The second-order valence-corrected chi connectivity index (χ2v) is 3.00. The minimum absolute atomic E-state index is 0.0263. The van der Waals surface area contributed by atoms with Gasteiger partial charge in [0.2, 0.25) is 0 Å². The Balaban J connectivity index is 3.89. The van der Waals surface area contributed by atoms with Gasteiger partial charge in [-0.05, 0) is 26.7 Å². The number of rotatable bonds is 4. The van der Waals surface area contributed by atoms with Gasteiger partial charge < -0.3 is 4.74 Å². The fraction of sp³-hybridized carbons (Fsp3) is 0.700. The van der Waals surface area contributed by atoms with E-state index in [1.165, 1.54) is 0 Å². The Hall–Kier alpha value is -0.790. The molecule has 0 aliphatic rings. The first-order valence-corrected chi connectivity index (χ1v) is 4.47. The van der Waals surface area contributed by atoms with E-state index in [0.29, 0.717) is 0 Å². The highest BCUT2D eigenvalue weighted by molar-refractivity contribution is 5.82. The Bertz CT molecular complexity index is 171. The summed E-state index contributed by atoms with van der Waals surface area (Å²) in [6, 6.07) is 0. The fourth-order valence-electron chi connectivity index (χ4n) is 0.619. The van der Waals surface area contributed by atoms with Crippen molar-refractivity contribution in [1.29, 1.82) is 0 Å². The molecular weight excluding hydrogens is 152 g/mol. The molecule has 1 atom stereocenters. The van der Waals surface area contributed by atoms with E-state index in [9.17, 15) is 4.79 Å². The Kier molecular flexibility index (Phi) is 5.43. The molecule has 0 aromatic carbocycles. The molecule has 0 bridgehead atoms. The summed E-state index contributed by atoms with van der Waals surface area (Å²) < 4.78 is 5.06. The van der Waals surface area contributed by atoms with E-state index in [0.717, 1.165) is 18.4 Å². The Morgan fingerprint density at radius 2 is 2.08 bits per heavy atom. The molecule has 0 N–H and O–H groups in total. The summed E-state index contributed by atoms with van der Waals surface area (Å²) in [5.41, 5.74) is 1.06. The van der Waals surface area contributed by atoms with Crippen LogP contribution in [0.1, 0.15) is 40.5 Å². The van der Waals surface area contributed by atoms with Crippen molar-refractivity contribution in [2.24, 2.45) is 0 Å². The fourth-order valence-corrected chi connectivity index (χ4v) is 0.619. The number of allylic oxidation sites excluding steroid dienone is 1. The van der Waals surface area contributed by atoms with Crippen LogP contribution in [0.3, 0.4) is 0 Å². The predicted octanol–water partition coefficient (Wildman–Crippen LogP) is 2.68. The van der Waals surface area contributed by atoms with Crippen LogP contribution >= 0.6 is 0 Å². The SMILES string of the molecule is CCC(C)=CC(=O)OC(C)CC. The second-order valence-electron chi connectivity index (χ2n) is 3.00. The van der Waals surface area contributed by atoms with E-state index < -0.39 is 0 Å². The largest absolute Gasteiger partial charge is 0.460 e. The van der Waals surface area contributed by atoms with Crippen LogP contribution in [0, 0.1) is 0 Å². The van der Waals surface area contributed by atoms with E-state index >= 15 is 0 Å². The first-order valence-electron chi connectivity index (χ1n) is 4.47. The molecule has 2 nitrogen and oxygen atoms in total. The number of ether oxygens (including phenoxy) is 1. The lowest BCUT2D eigenvalue weighted by molar-refractivity contribution is -0.142. The van der Waals surface area contributed by atoms with Crippen molar-refractivity contribution in [3.05, 3.63) is 11.6 Å². The van der Waals surface area contributed by atoms with E-state index in [1.807, 2.05) is 27.7 Å². The van der Waals surface area contributed by atoms with Gasteiger partial charge in [0.15, 0.2) is 0 Å². The Labute approximate surface area is 74.6 Å². The third kappa shape index (κ3) is 4.94. The van der Waals surface area contributed by atoms with Crippen molar-refractivity contribution in [2.45, 2.75) is 46.6 Å². The number of carbonyl (C=O) groups is 1. The van der Waals surface area contributed by atoms with Gasteiger partial charge in [-0.3, -0.25) is 0 Å². The molecule has 2 heteroatoms. The van der Waals surface area contributed by atoms with Crippen molar-refractivity contribution < 1.29 is 9.53 Å². The second kappa shape index (κ2) is 5.81. The minimum Gasteiger partial charge on any atom is -0.460 e. The van der Waals surface area contributed by atoms with Gasteiger partial charge in [-0.25, -0.2) is 4.79 Å². The monoisotopic (exact) mass is 170 g/mol. The molecule has 12 heavy (non-hydrogen) atoms. The minimum atomic E-state index is -0.219. The molecule has 0 amide bonds. The molecule has 0 aromatic rings. The highest BCUT2D eigenvalue weighted by atomic mass is 16.5. The maximum absolute atomic E-state index is 11.1. The molecule has 0 saturated carbocycles. The van der Waals surface area contributed by atoms with Gasteiger partial charge in [-0.15, -0.1) is 0 Å². The first-order chi connectivity index (χ1) is 5.60. The lowest BCUT2D eigenvalue weighted by Crippen LogP contribution is -2.11. The highest BCUT2D eigenvalue weighted by Crippen LogP contribution is 2.01. The van der Waals surface area contributed by atoms with Crippen LogP contribution in [0.2, 0.25) is 0 Å². The molecule has 0 saturated heterocycles. The summed E-state index contributed by atoms with van der Waals surface area (Å²) in [6.45, 7) is 7.83. The quantitative estimate of drug-likeness (QED) is 0.479. The molecule has 0 radical (unpaired) electrons. The lowest BCUT2D eigenvalue weighted by Gasteiger charge is -2.08. The maximum Gasteiger partial charge on any atom is 0.330 e. The number of hydrogen-bond acceptors (Lipinski definition) is 2. The van der Waals surface area contributed by atoms with Crippen LogP contribution in [0.4, 0.5) is 0 Å². The maximum atomic E-state index is 11.1. The van der Waals surface area contributed by atoms with Crippen LogP contribution in [0.25, 0.3) is 0 Å². The smallest absolute Gasteiger partial charge is 0.330 e. The van der Waals surface area contributed by atoms with Gasteiger partial charge in [0.25, 0.3) is 0 Å². The van der Waals surface area contributed by atoms with E-state index in [-0.39, 0.29) is 12.1 Å². The normalized spacial score (nSPS) is 14.2. The molecule has 0 aliphatic heterocycles.